The van der Waals surface area contributed by atoms with Gasteiger partial charge in [-0.25, -0.2) is 13.1 Å². The fraction of sp³-hybridized carbons (Fsp3) is 0.800. The van der Waals surface area contributed by atoms with Gasteiger partial charge in [0.2, 0.25) is 10.0 Å². The van der Waals surface area contributed by atoms with Crippen LogP contribution in [0.2, 0.25) is 0 Å². The Balaban J connectivity index is 4.38. The van der Waals surface area contributed by atoms with Gasteiger partial charge in [-0.15, -0.1) is 0 Å². The zero-order valence-electron chi connectivity index (χ0n) is 6.54. The van der Waals surface area contributed by atoms with E-state index >= 15 is 0 Å². The molecule has 0 aromatic rings. The Morgan fingerprint density at radius 1 is 1.33 bits per heavy atom. The molecule has 0 aliphatic heterocycles. The van der Waals surface area contributed by atoms with E-state index in [1.807, 2.05) is 0 Å². The summed E-state index contributed by atoms with van der Waals surface area (Å²) in [7, 11) is -3.92. The van der Waals surface area contributed by atoms with E-state index in [2.05, 4.69) is 0 Å². The zero-order chi connectivity index (χ0) is 9.94. The molecule has 0 fully saturated rings. The van der Waals surface area contributed by atoms with Crippen molar-refractivity contribution in [3.63, 3.8) is 0 Å². The van der Waals surface area contributed by atoms with Gasteiger partial charge in [-0.1, -0.05) is 0 Å². The Morgan fingerprint density at radius 3 is 2.00 bits per heavy atom. The van der Waals surface area contributed by atoms with Crippen molar-refractivity contribution < 1.29 is 22.0 Å². The molecule has 0 aliphatic carbocycles. The Hall–Kier alpha value is -0.720. The topological polar surface area (TPSA) is 63.2 Å². The summed E-state index contributed by atoms with van der Waals surface area (Å²) in [6.45, 7) is 2.56. The molecule has 0 spiro atoms. The number of amides is 1. The highest BCUT2D eigenvalue weighted by Crippen LogP contribution is 1.98. The summed E-state index contributed by atoms with van der Waals surface area (Å²) in [5.74, 6) is -1.79. The van der Waals surface area contributed by atoms with Gasteiger partial charge in [-0.3, -0.25) is 4.79 Å². The second kappa shape index (κ2) is 3.79. The third-order valence-corrected chi connectivity index (χ3v) is 2.79. The van der Waals surface area contributed by atoms with Crippen LogP contribution in [0.3, 0.4) is 0 Å². The molecular weight excluding hydrogens is 192 g/mol. The fourth-order valence-electron chi connectivity index (χ4n) is 0.303. The fourth-order valence-corrected chi connectivity index (χ4v) is 0.908. The summed E-state index contributed by atoms with van der Waals surface area (Å²) in [6, 6.07) is 0. The van der Waals surface area contributed by atoms with E-state index < -0.39 is 27.6 Å². The number of rotatable bonds is 3. The van der Waals surface area contributed by atoms with Gasteiger partial charge in [0.1, 0.15) is 0 Å². The smallest absolute Gasteiger partial charge is 0.267 e. The minimum Gasteiger partial charge on any atom is -0.267 e. The lowest BCUT2D eigenvalue weighted by Crippen LogP contribution is -2.39. The van der Waals surface area contributed by atoms with Crippen LogP contribution in [0, 0.1) is 0 Å². The minimum absolute atomic E-state index is 0.903. The molecule has 12 heavy (non-hydrogen) atoms. The first kappa shape index (κ1) is 11.3. The van der Waals surface area contributed by atoms with E-state index in [-0.39, 0.29) is 0 Å². The van der Waals surface area contributed by atoms with Crippen molar-refractivity contribution in [1.29, 1.82) is 0 Å². The van der Waals surface area contributed by atoms with E-state index in [4.69, 9.17) is 0 Å². The van der Waals surface area contributed by atoms with Crippen LogP contribution in [0.25, 0.3) is 0 Å². The SMILES string of the molecule is CC(C)S(=O)(=O)NC(=O)C(F)F. The molecule has 0 unspecified atom stereocenters. The number of hydrogen-bond acceptors (Lipinski definition) is 3. The maximum Gasteiger partial charge on any atom is 0.316 e. The number of alkyl halides is 2. The third kappa shape index (κ3) is 3.12. The van der Waals surface area contributed by atoms with E-state index in [1.54, 1.807) is 0 Å². The van der Waals surface area contributed by atoms with Crippen molar-refractivity contribution in [2.45, 2.75) is 25.5 Å². The Labute approximate surface area is 69.0 Å². The highest BCUT2D eigenvalue weighted by atomic mass is 32.2. The van der Waals surface area contributed by atoms with Gasteiger partial charge >= 0.3 is 12.3 Å². The molecule has 0 rings (SSSR count). The normalized spacial score (nSPS) is 12.2. The molecule has 0 saturated heterocycles. The van der Waals surface area contributed by atoms with Crippen LogP contribution in [0.15, 0.2) is 0 Å². The maximum atomic E-state index is 11.5. The van der Waals surface area contributed by atoms with Gasteiger partial charge in [0.15, 0.2) is 0 Å². The molecule has 1 amide bonds. The van der Waals surface area contributed by atoms with Crippen molar-refractivity contribution >= 4 is 15.9 Å². The number of carbonyl (C=O) groups is 1. The lowest BCUT2D eigenvalue weighted by molar-refractivity contribution is -0.129. The van der Waals surface area contributed by atoms with Crippen molar-refractivity contribution in [3.8, 4) is 0 Å². The molecule has 0 heterocycles. The van der Waals surface area contributed by atoms with Crippen molar-refractivity contribution in [1.82, 2.24) is 4.72 Å². The zero-order valence-corrected chi connectivity index (χ0v) is 7.36. The van der Waals surface area contributed by atoms with Crippen LogP contribution in [-0.4, -0.2) is 26.0 Å². The average molecular weight is 201 g/mol. The molecule has 0 atom stereocenters. The maximum absolute atomic E-state index is 11.5. The molecular formula is C5H9F2NO3S. The molecule has 0 saturated carbocycles. The van der Waals surface area contributed by atoms with Gasteiger partial charge in [0, 0.05) is 0 Å². The number of carbonyl (C=O) groups excluding carboxylic acids is 1. The largest absolute Gasteiger partial charge is 0.316 e. The molecule has 0 aromatic heterocycles. The molecule has 0 aromatic carbocycles. The van der Waals surface area contributed by atoms with Gasteiger partial charge < -0.3 is 0 Å². The third-order valence-electron chi connectivity index (χ3n) is 1.06. The number of sulfonamides is 1. The Bertz CT molecular complexity index is 260. The van der Waals surface area contributed by atoms with Crippen LogP contribution in [-0.2, 0) is 14.8 Å². The summed E-state index contributed by atoms with van der Waals surface area (Å²) >= 11 is 0. The summed E-state index contributed by atoms with van der Waals surface area (Å²) in [5, 5.41) is -0.903. The predicted molar refractivity (Wildman–Crippen MR) is 38.2 cm³/mol. The summed E-state index contributed by atoms with van der Waals surface area (Å²) < 4.78 is 45.9. The first-order valence-electron chi connectivity index (χ1n) is 3.11. The molecule has 1 N–H and O–H groups in total. The lowest BCUT2D eigenvalue weighted by Gasteiger charge is -2.08. The molecule has 0 bridgehead atoms. The van der Waals surface area contributed by atoms with E-state index in [0.717, 1.165) is 0 Å². The highest BCUT2D eigenvalue weighted by molar-refractivity contribution is 7.90. The number of hydrogen-bond donors (Lipinski definition) is 1. The van der Waals surface area contributed by atoms with Crippen molar-refractivity contribution in [3.05, 3.63) is 0 Å². The second-order valence-corrected chi connectivity index (χ2v) is 4.60. The van der Waals surface area contributed by atoms with E-state index in [0.29, 0.717) is 0 Å². The number of nitrogens with one attached hydrogen (secondary N) is 1. The van der Waals surface area contributed by atoms with Crippen LogP contribution >= 0.6 is 0 Å². The summed E-state index contributed by atoms with van der Waals surface area (Å²) in [6.07, 6.45) is -3.31. The van der Waals surface area contributed by atoms with Crippen LogP contribution in [0.1, 0.15) is 13.8 Å². The van der Waals surface area contributed by atoms with Gasteiger partial charge in [0.25, 0.3) is 0 Å². The van der Waals surface area contributed by atoms with Crippen LogP contribution in [0.5, 0.6) is 0 Å². The average Bonchev–Trinajstić information content (AvgIpc) is 1.85. The minimum atomic E-state index is -3.92. The highest BCUT2D eigenvalue weighted by Gasteiger charge is 2.24. The van der Waals surface area contributed by atoms with Crippen molar-refractivity contribution in [2.75, 3.05) is 0 Å². The molecule has 0 aliphatic rings. The van der Waals surface area contributed by atoms with Gasteiger partial charge in [-0.2, -0.15) is 8.78 Å². The van der Waals surface area contributed by atoms with E-state index in [1.165, 1.54) is 18.6 Å². The first-order valence-corrected chi connectivity index (χ1v) is 4.65. The molecule has 4 nitrogen and oxygen atoms in total. The first-order chi connectivity index (χ1) is 5.27. The Kier molecular flexibility index (Phi) is 3.56. The van der Waals surface area contributed by atoms with Crippen LogP contribution in [0.4, 0.5) is 8.78 Å². The number of halogens is 2. The van der Waals surface area contributed by atoms with E-state index in [9.17, 15) is 22.0 Å². The summed E-state index contributed by atoms with van der Waals surface area (Å²) in [4.78, 5) is 10.2. The molecule has 72 valence electrons. The summed E-state index contributed by atoms with van der Waals surface area (Å²) in [5.41, 5.74) is 0. The van der Waals surface area contributed by atoms with Crippen molar-refractivity contribution in [2.24, 2.45) is 0 Å². The van der Waals surface area contributed by atoms with Gasteiger partial charge in [0.05, 0.1) is 5.25 Å². The Morgan fingerprint density at radius 2 is 1.75 bits per heavy atom. The monoisotopic (exact) mass is 201 g/mol. The lowest BCUT2D eigenvalue weighted by atomic mass is 10.6. The molecule has 0 radical (unpaired) electrons. The molecule has 7 heteroatoms. The quantitative estimate of drug-likeness (QED) is 0.704. The second-order valence-electron chi connectivity index (χ2n) is 2.36. The standard InChI is InChI=1S/C5H9F2NO3S/c1-3(2)12(10,11)8-5(9)4(6)7/h3-4H,1-2H3,(H,8,9). The van der Waals surface area contributed by atoms with Gasteiger partial charge in [-0.05, 0) is 13.8 Å². The van der Waals surface area contributed by atoms with Crippen LogP contribution < -0.4 is 4.72 Å². The predicted octanol–water partition coefficient (Wildman–Crippen LogP) is 0.106.